The van der Waals surface area contributed by atoms with Gasteiger partial charge in [-0.25, -0.2) is 0 Å². The van der Waals surface area contributed by atoms with Gasteiger partial charge in [0.05, 0.1) is 5.60 Å². The molecule has 0 aromatic carbocycles. The monoisotopic (exact) mass is 299 g/mol. The number of piperidine rings is 1. The Hall–Kier alpha value is 0.230. The number of hydrogen-bond donors (Lipinski definition) is 2. The summed E-state index contributed by atoms with van der Waals surface area (Å²) in [6, 6.07) is 0. The fourth-order valence-corrected chi connectivity index (χ4v) is 4.84. The first kappa shape index (κ1) is 15.1. The lowest BCUT2D eigenvalue weighted by Gasteiger charge is -2.50. The van der Waals surface area contributed by atoms with Crippen LogP contribution in [0.25, 0.3) is 0 Å². The van der Waals surface area contributed by atoms with Gasteiger partial charge in [0.2, 0.25) is 0 Å². The van der Waals surface area contributed by atoms with Gasteiger partial charge in [0.15, 0.2) is 0 Å². The Kier molecular flexibility index (Phi) is 4.66. The van der Waals surface area contributed by atoms with Gasteiger partial charge in [0.25, 0.3) is 0 Å². The van der Waals surface area contributed by atoms with Crippen LogP contribution in [0.3, 0.4) is 0 Å². The van der Waals surface area contributed by atoms with E-state index in [1.165, 1.54) is 19.3 Å². The van der Waals surface area contributed by atoms with Crippen LogP contribution in [-0.2, 0) is 4.74 Å². The quantitative estimate of drug-likeness (QED) is 0.785. The van der Waals surface area contributed by atoms with Crippen LogP contribution >= 0.6 is 12.6 Å². The molecule has 0 bridgehead atoms. The third-order valence-corrected chi connectivity index (χ3v) is 6.63. The average molecular weight is 299 g/mol. The van der Waals surface area contributed by atoms with E-state index in [9.17, 15) is 5.11 Å². The molecule has 1 aliphatic carbocycles. The Morgan fingerprint density at radius 1 is 1.15 bits per heavy atom. The van der Waals surface area contributed by atoms with Crippen LogP contribution in [-0.4, -0.2) is 54.2 Å². The molecule has 2 unspecified atom stereocenters. The minimum absolute atomic E-state index is 0.339. The SMILES string of the molecule is OC12CCCCC1CN(CC1(CS)CCOCC1)CC2. The molecule has 3 fully saturated rings. The van der Waals surface area contributed by atoms with E-state index in [-0.39, 0.29) is 5.60 Å². The Balaban J connectivity index is 1.61. The first-order valence-corrected chi connectivity index (χ1v) is 8.92. The molecule has 0 aromatic rings. The van der Waals surface area contributed by atoms with E-state index in [0.717, 1.165) is 64.3 Å². The number of hydrogen-bond acceptors (Lipinski definition) is 4. The summed E-state index contributed by atoms with van der Waals surface area (Å²) < 4.78 is 5.53. The first-order valence-electron chi connectivity index (χ1n) is 8.29. The summed E-state index contributed by atoms with van der Waals surface area (Å²) in [6.07, 6.45) is 8.00. The third-order valence-electron chi connectivity index (χ3n) is 5.96. The van der Waals surface area contributed by atoms with Crippen LogP contribution in [0.1, 0.15) is 44.9 Å². The average Bonchev–Trinajstić information content (AvgIpc) is 2.48. The predicted octanol–water partition coefficient (Wildman–Crippen LogP) is 2.34. The standard InChI is InChI=1S/C16H29NO2S/c18-16-4-2-1-3-14(16)11-17(8-5-16)12-15(13-20)6-9-19-10-7-15/h14,18,20H,1-13H2. The maximum Gasteiger partial charge on any atom is 0.0700 e. The van der Waals surface area contributed by atoms with Crippen molar-refractivity contribution in [1.29, 1.82) is 0 Å². The van der Waals surface area contributed by atoms with E-state index >= 15 is 0 Å². The lowest BCUT2D eigenvalue weighted by Crippen LogP contribution is -2.55. The fourth-order valence-electron chi connectivity index (χ4n) is 4.43. The van der Waals surface area contributed by atoms with E-state index in [2.05, 4.69) is 17.5 Å². The van der Waals surface area contributed by atoms with Crippen LogP contribution in [0.2, 0.25) is 0 Å². The van der Waals surface area contributed by atoms with Gasteiger partial charge in [-0.3, -0.25) is 0 Å². The second-order valence-corrected chi connectivity index (χ2v) is 7.62. The summed E-state index contributed by atoms with van der Waals surface area (Å²) in [5.41, 5.74) is -0.00988. The maximum absolute atomic E-state index is 10.8. The smallest absolute Gasteiger partial charge is 0.0700 e. The fraction of sp³-hybridized carbons (Fsp3) is 1.00. The summed E-state index contributed by atoms with van der Waals surface area (Å²) in [7, 11) is 0. The zero-order valence-electron chi connectivity index (χ0n) is 12.5. The molecule has 3 aliphatic rings. The normalized spacial score (nSPS) is 38.4. The highest BCUT2D eigenvalue weighted by atomic mass is 32.1. The van der Waals surface area contributed by atoms with Gasteiger partial charge in [-0.2, -0.15) is 12.6 Å². The largest absolute Gasteiger partial charge is 0.390 e. The van der Waals surface area contributed by atoms with Gasteiger partial charge >= 0.3 is 0 Å². The van der Waals surface area contributed by atoms with E-state index in [4.69, 9.17) is 4.74 Å². The third kappa shape index (κ3) is 3.03. The molecule has 0 radical (unpaired) electrons. The van der Waals surface area contributed by atoms with Crippen molar-refractivity contribution in [1.82, 2.24) is 4.90 Å². The molecular weight excluding hydrogens is 270 g/mol. The highest BCUT2D eigenvalue weighted by Crippen LogP contribution is 2.41. The first-order chi connectivity index (χ1) is 9.66. The molecule has 3 nitrogen and oxygen atoms in total. The summed E-state index contributed by atoms with van der Waals surface area (Å²) in [5, 5.41) is 10.8. The van der Waals surface area contributed by atoms with Crippen LogP contribution in [0.5, 0.6) is 0 Å². The van der Waals surface area contributed by atoms with Crippen molar-refractivity contribution < 1.29 is 9.84 Å². The van der Waals surface area contributed by atoms with E-state index < -0.39 is 0 Å². The van der Waals surface area contributed by atoms with Crippen LogP contribution in [0.4, 0.5) is 0 Å². The van der Waals surface area contributed by atoms with Crippen molar-refractivity contribution in [2.45, 2.75) is 50.5 Å². The Labute approximate surface area is 128 Å². The van der Waals surface area contributed by atoms with Crippen molar-refractivity contribution in [3.63, 3.8) is 0 Å². The van der Waals surface area contributed by atoms with E-state index in [1.54, 1.807) is 0 Å². The molecule has 0 aromatic heterocycles. The van der Waals surface area contributed by atoms with Crippen molar-refractivity contribution >= 4 is 12.6 Å². The molecule has 116 valence electrons. The molecule has 1 N–H and O–H groups in total. The zero-order chi connectivity index (χ0) is 14.1. The number of rotatable bonds is 3. The van der Waals surface area contributed by atoms with Crippen LogP contribution in [0, 0.1) is 11.3 Å². The number of aliphatic hydroxyl groups is 1. The molecule has 2 heterocycles. The second-order valence-electron chi connectivity index (χ2n) is 7.30. The van der Waals surface area contributed by atoms with Gasteiger partial charge in [-0.1, -0.05) is 12.8 Å². The van der Waals surface area contributed by atoms with E-state index in [0.29, 0.717) is 11.3 Å². The van der Waals surface area contributed by atoms with Crippen molar-refractivity contribution in [3.8, 4) is 0 Å². The highest BCUT2D eigenvalue weighted by Gasteiger charge is 2.44. The highest BCUT2D eigenvalue weighted by molar-refractivity contribution is 7.80. The molecule has 3 rings (SSSR count). The second kappa shape index (κ2) is 6.15. The summed E-state index contributed by atoms with van der Waals surface area (Å²) in [4.78, 5) is 2.60. The predicted molar refractivity (Wildman–Crippen MR) is 84.3 cm³/mol. The number of ether oxygens (including phenoxy) is 1. The van der Waals surface area contributed by atoms with Gasteiger partial charge in [0, 0.05) is 38.8 Å². The molecule has 20 heavy (non-hydrogen) atoms. The molecule has 4 heteroatoms. The molecule has 0 amide bonds. The Morgan fingerprint density at radius 2 is 1.95 bits per heavy atom. The zero-order valence-corrected chi connectivity index (χ0v) is 13.4. The van der Waals surface area contributed by atoms with Crippen molar-refractivity contribution in [2.75, 3.05) is 38.6 Å². The summed E-state index contributed by atoms with van der Waals surface area (Å²) in [6.45, 7) is 5.08. The summed E-state index contributed by atoms with van der Waals surface area (Å²) in [5.74, 6) is 1.46. The number of nitrogens with zero attached hydrogens (tertiary/aromatic N) is 1. The van der Waals surface area contributed by atoms with Crippen molar-refractivity contribution in [2.24, 2.45) is 11.3 Å². The van der Waals surface area contributed by atoms with Gasteiger partial charge in [0.1, 0.15) is 0 Å². The molecule has 0 spiro atoms. The minimum Gasteiger partial charge on any atom is -0.390 e. The van der Waals surface area contributed by atoms with Crippen molar-refractivity contribution in [3.05, 3.63) is 0 Å². The van der Waals surface area contributed by atoms with E-state index in [1.807, 2.05) is 0 Å². The van der Waals surface area contributed by atoms with Crippen LogP contribution in [0.15, 0.2) is 0 Å². The number of fused-ring (bicyclic) bond motifs is 1. The molecule has 2 saturated heterocycles. The topological polar surface area (TPSA) is 32.7 Å². The molecular formula is C16H29NO2S. The van der Waals surface area contributed by atoms with Gasteiger partial charge in [-0.05, 0) is 43.3 Å². The molecule has 2 atom stereocenters. The molecule has 2 aliphatic heterocycles. The lowest BCUT2D eigenvalue weighted by molar-refractivity contribution is -0.104. The lowest BCUT2D eigenvalue weighted by atomic mass is 9.70. The van der Waals surface area contributed by atoms with Gasteiger partial charge < -0.3 is 14.7 Å². The summed E-state index contributed by atoms with van der Waals surface area (Å²) >= 11 is 4.63. The van der Waals surface area contributed by atoms with Gasteiger partial charge in [-0.15, -0.1) is 0 Å². The molecule has 1 saturated carbocycles. The number of thiol groups is 1. The minimum atomic E-state index is -0.349. The Morgan fingerprint density at radius 3 is 2.70 bits per heavy atom. The number of likely N-dealkylation sites (tertiary alicyclic amines) is 1. The maximum atomic E-state index is 10.8. The van der Waals surface area contributed by atoms with Crippen LogP contribution < -0.4 is 0 Å². The Bertz CT molecular complexity index is 332.